The van der Waals surface area contributed by atoms with Crippen molar-refractivity contribution in [3.8, 4) is 39.1 Å². The number of benzene rings is 3. The van der Waals surface area contributed by atoms with Crippen LogP contribution in [0.4, 0.5) is 5.69 Å². The number of anilines is 1. The van der Waals surface area contributed by atoms with Gasteiger partial charge in [-0.15, -0.1) is 11.3 Å². The van der Waals surface area contributed by atoms with Gasteiger partial charge in [0, 0.05) is 22.6 Å². The van der Waals surface area contributed by atoms with Crippen LogP contribution < -0.4 is 19.1 Å². The summed E-state index contributed by atoms with van der Waals surface area (Å²) in [5, 5.41) is 2.89. The molecular weight excluding hydrogens is 464 g/mol. The number of hydrogen-bond acceptors (Lipinski definition) is 7. The van der Waals surface area contributed by atoms with Gasteiger partial charge in [-0.05, 0) is 30.3 Å². The van der Waals surface area contributed by atoms with Crippen LogP contribution in [0, 0.1) is 0 Å². The van der Waals surface area contributed by atoms with Crippen LogP contribution in [-0.4, -0.2) is 44.0 Å². The van der Waals surface area contributed by atoms with Gasteiger partial charge in [0.1, 0.15) is 22.3 Å². The fourth-order valence-corrected chi connectivity index (χ4v) is 4.75. The minimum atomic E-state index is -0.293. The summed E-state index contributed by atoms with van der Waals surface area (Å²) in [5.41, 5.74) is 3.57. The topological polar surface area (TPSA) is 78.0 Å². The number of hydrogen-bond donors (Lipinski definition) is 0. The molecule has 0 aliphatic carbocycles. The SMILES string of the molecule is COc1ccc(C(=O)CN2C(=O)COc3ccc(-c4csc(-c5ccccc5)n4)cc32)c(OC)c1. The van der Waals surface area contributed by atoms with Crippen molar-refractivity contribution in [2.45, 2.75) is 0 Å². The molecule has 0 unspecified atom stereocenters. The van der Waals surface area contributed by atoms with Gasteiger partial charge < -0.3 is 14.2 Å². The van der Waals surface area contributed by atoms with Crippen molar-refractivity contribution in [2.75, 3.05) is 32.3 Å². The minimum absolute atomic E-state index is 0.131. The fraction of sp³-hybridized carbons (Fsp3) is 0.148. The number of amides is 1. The molecule has 0 saturated carbocycles. The van der Waals surface area contributed by atoms with E-state index < -0.39 is 0 Å². The predicted molar refractivity (Wildman–Crippen MR) is 135 cm³/mol. The summed E-state index contributed by atoms with van der Waals surface area (Å²) < 4.78 is 16.2. The van der Waals surface area contributed by atoms with Crippen molar-refractivity contribution >= 4 is 28.7 Å². The quantitative estimate of drug-likeness (QED) is 0.338. The number of ketones is 1. The van der Waals surface area contributed by atoms with E-state index in [1.54, 1.807) is 36.6 Å². The fourth-order valence-electron chi connectivity index (χ4n) is 3.91. The van der Waals surface area contributed by atoms with Crippen LogP contribution in [0.3, 0.4) is 0 Å². The maximum atomic E-state index is 13.2. The third kappa shape index (κ3) is 4.48. The van der Waals surface area contributed by atoms with Gasteiger partial charge in [-0.25, -0.2) is 4.98 Å². The highest BCUT2D eigenvalue weighted by atomic mass is 32.1. The lowest BCUT2D eigenvalue weighted by molar-refractivity contribution is -0.121. The first-order valence-corrected chi connectivity index (χ1v) is 11.8. The summed E-state index contributed by atoms with van der Waals surface area (Å²) >= 11 is 1.55. The van der Waals surface area contributed by atoms with Gasteiger partial charge in [0.05, 0.1) is 37.7 Å². The van der Waals surface area contributed by atoms with Crippen LogP contribution >= 0.6 is 11.3 Å². The zero-order chi connectivity index (χ0) is 24.4. The Morgan fingerprint density at radius 3 is 2.63 bits per heavy atom. The second kappa shape index (κ2) is 9.60. The molecule has 5 rings (SSSR count). The van der Waals surface area contributed by atoms with Gasteiger partial charge in [0.15, 0.2) is 12.4 Å². The standard InChI is InChI=1S/C27H22N2O5S/c1-32-19-9-10-20(25(13-19)33-2)23(30)14-29-22-12-18(8-11-24(22)34-15-26(29)31)21-16-35-27(28-21)17-6-4-3-5-7-17/h3-13,16H,14-15H2,1-2H3. The highest BCUT2D eigenvalue weighted by Crippen LogP contribution is 2.38. The maximum Gasteiger partial charge on any atom is 0.265 e. The van der Waals surface area contributed by atoms with Crippen LogP contribution in [0.2, 0.25) is 0 Å². The van der Waals surface area contributed by atoms with Crippen LogP contribution in [0.1, 0.15) is 10.4 Å². The zero-order valence-electron chi connectivity index (χ0n) is 19.2. The number of ether oxygens (including phenoxy) is 3. The first kappa shape index (κ1) is 22.6. The summed E-state index contributed by atoms with van der Waals surface area (Å²) in [5.74, 6) is 0.963. The first-order valence-electron chi connectivity index (χ1n) is 10.9. The van der Waals surface area contributed by atoms with E-state index in [1.807, 2.05) is 53.9 Å². The Morgan fingerprint density at radius 1 is 1.03 bits per heavy atom. The second-order valence-corrected chi connectivity index (χ2v) is 8.70. The smallest absolute Gasteiger partial charge is 0.265 e. The molecule has 1 aromatic heterocycles. The Balaban J connectivity index is 1.45. The summed E-state index contributed by atoms with van der Waals surface area (Å²) in [4.78, 5) is 32.2. The summed E-state index contributed by atoms with van der Waals surface area (Å²) in [6, 6.07) is 20.5. The highest BCUT2D eigenvalue weighted by molar-refractivity contribution is 7.13. The number of rotatable bonds is 7. The Bertz CT molecular complexity index is 1400. The number of methoxy groups -OCH3 is 2. The summed E-state index contributed by atoms with van der Waals surface area (Å²) in [6.45, 7) is -0.276. The van der Waals surface area contributed by atoms with E-state index in [0.717, 1.165) is 21.8 Å². The molecule has 0 radical (unpaired) electrons. The molecule has 0 fully saturated rings. The molecule has 0 N–H and O–H groups in total. The Kier molecular flexibility index (Phi) is 6.20. The average molecular weight is 487 g/mol. The molecule has 1 aliphatic heterocycles. The van der Waals surface area contributed by atoms with E-state index in [9.17, 15) is 9.59 Å². The Labute approximate surface area is 206 Å². The molecule has 176 valence electrons. The lowest BCUT2D eigenvalue weighted by Gasteiger charge is -2.29. The number of carbonyl (C=O) groups is 2. The molecule has 0 spiro atoms. The number of nitrogens with zero attached hydrogens (tertiary/aromatic N) is 2. The van der Waals surface area contributed by atoms with E-state index >= 15 is 0 Å². The number of aromatic nitrogens is 1. The van der Waals surface area contributed by atoms with Crippen molar-refractivity contribution in [3.63, 3.8) is 0 Å². The molecule has 1 aliphatic rings. The zero-order valence-corrected chi connectivity index (χ0v) is 20.0. The van der Waals surface area contributed by atoms with Gasteiger partial charge in [0.2, 0.25) is 0 Å². The molecule has 8 heteroatoms. The van der Waals surface area contributed by atoms with E-state index in [1.165, 1.54) is 12.0 Å². The van der Waals surface area contributed by atoms with Crippen LogP contribution in [0.25, 0.3) is 21.8 Å². The largest absolute Gasteiger partial charge is 0.497 e. The van der Waals surface area contributed by atoms with Crippen LogP contribution in [-0.2, 0) is 4.79 Å². The lowest BCUT2D eigenvalue weighted by Crippen LogP contribution is -2.42. The average Bonchev–Trinajstić information content (AvgIpc) is 3.40. The van der Waals surface area contributed by atoms with Gasteiger partial charge in [0.25, 0.3) is 5.91 Å². The Morgan fingerprint density at radius 2 is 1.86 bits per heavy atom. The van der Waals surface area contributed by atoms with Crippen molar-refractivity contribution < 1.29 is 23.8 Å². The van der Waals surface area contributed by atoms with E-state index in [0.29, 0.717) is 28.5 Å². The normalized spacial score (nSPS) is 12.6. The number of Topliss-reactive ketones (excluding diaryl/α,β-unsaturated/α-hetero) is 1. The molecule has 0 saturated heterocycles. The summed E-state index contributed by atoms with van der Waals surface area (Å²) in [7, 11) is 3.03. The third-order valence-electron chi connectivity index (χ3n) is 5.73. The number of carbonyl (C=O) groups excluding carboxylic acids is 2. The van der Waals surface area contributed by atoms with E-state index in [-0.39, 0.29) is 24.8 Å². The van der Waals surface area contributed by atoms with Crippen LogP contribution in [0.15, 0.2) is 72.1 Å². The lowest BCUT2D eigenvalue weighted by atomic mass is 10.1. The monoisotopic (exact) mass is 486 g/mol. The first-order chi connectivity index (χ1) is 17.1. The molecule has 3 aromatic carbocycles. The van der Waals surface area contributed by atoms with Crippen molar-refractivity contribution in [3.05, 3.63) is 77.7 Å². The molecule has 7 nitrogen and oxygen atoms in total. The third-order valence-corrected chi connectivity index (χ3v) is 6.62. The molecule has 2 heterocycles. The molecule has 0 bridgehead atoms. The minimum Gasteiger partial charge on any atom is -0.497 e. The van der Waals surface area contributed by atoms with Crippen molar-refractivity contribution in [2.24, 2.45) is 0 Å². The maximum absolute atomic E-state index is 13.2. The number of thiazole rings is 1. The highest BCUT2D eigenvalue weighted by Gasteiger charge is 2.29. The predicted octanol–water partition coefficient (Wildman–Crippen LogP) is 5.10. The van der Waals surface area contributed by atoms with E-state index in [2.05, 4.69) is 0 Å². The summed E-state index contributed by atoms with van der Waals surface area (Å²) in [6.07, 6.45) is 0. The molecule has 1 amide bonds. The van der Waals surface area contributed by atoms with Crippen molar-refractivity contribution in [1.82, 2.24) is 4.98 Å². The second-order valence-electron chi connectivity index (χ2n) is 7.84. The van der Waals surface area contributed by atoms with Crippen molar-refractivity contribution in [1.29, 1.82) is 0 Å². The van der Waals surface area contributed by atoms with Gasteiger partial charge >= 0.3 is 0 Å². The molecule has 4 aromatic rings. The molecule has 35 heavy (non-hydrogen) atoms. The molecule has 0 atom stereocenters. The van der Waals surface area contributed by atoms with Crippen LogP contribution in [0.5, 0.6) is 17.2 Å². The number of fused-ring (bicyclic) bond motifs is 1. The van der Waals surface area contributed by atoms with E-state index in [4.69, 9.17) is 19.2 Å². The van der Waals surface area contributed by atoms with Gasteiger partial charge in [-0.1, -0.05) is 30.3 Å². The Hall–Kier alpha value is -4.17. The van der Waals surface area contributed by atoms with Gasteiger partial charge in [-0.2, -0.15) is 0 Å². The van der Waals surface area contributed by atoms with Gasteiger partial charge in [-0.3, -0.25) is 14.5 Å². The molecular formula is C27H22N2O5S.